The van der Waals surface area contributed by atoms with Gasteiger partial charge in [-0.05, 0) is 0 Å². The van der Waals surface area contributed by atoms with Crippen LogP contribution < -0.4 is 0 Å². The molecule has 3 nitrogen and oxygen atoms in total. The zero-order valence-electron chi connectivity index (χ0n) is 6.03. The Bertz CT molecular complexity index is 283. The first-order valence-electron chi connectivity index (χ1n) is 3.28. The Hall–Kier alpha value is -1.56. The summed E-state index contributed by atoms with van der Waals surface area (Å²) in [6.45, 7) is 0.657. The van der Waals surface area contributed by atoms with Gasteiger partial charge in [0.05, 0.1) is 0 Å². The third kappa shape index (κ3) is 1.68. The van der Waals surface area contributed by atoms with E-state index in [0.29, 0.717) is 18.8 Å². The lowest BCUT2D eigenvalue weighted by Gasteiger charge is -1.98. The maximum atomic E-state index is 10.3. The zero-order valence-corrected chi connectivity index (χ0v) is 6.03. The summed E-state index contributed by atoms with van der Waals surface area (Å²) in [7, 11) is 0. The molecule has 3 heteroatoms. The first-order chi connectivity index (χ1) is 5.38. The van der Waals surface area contributed by atoms with E-state index in [2.05, 4.69) is 10.9 Å². The lowest BCUT2D eigenvalue weighted by molar-refractivity contribution is 0.111. The van der Waals surface area contributed by atoms with Crippen molar-refractivity contribution in [1.82, 2.24) is 9.55 Å². The normalized spacial score (nSPS) is 9.00. The lowest BCUT2D eigenvalue weighted by Crippen LogP contribution is -2.00. The van der Waals surface area contributed by atoms with Gasteiger partial charge < -0.3 is 4.57 Å². The molecule has 1 heterocycles. The van der Waals surface area contributed by atoms with Crippen LogP contribution in [-0.4, -0.2) is 15.8 Å². The SMILES string of the molecule is C#CCCn1ccnc1C=O. The molecule has 0 aliphatic carbocycles. The number of aromatic nitrogens is 2. The van der Waals surface area contributed by atoms with E-state index in [1.807, 2.05) is 0 Å². The number of rotatable bonds is 3. The average Bonchev–Trinajstić information content (AvgIpc) is 2.47. The molecule has 0 aliphatic rings. The highest BCUT2D eigenvalue weighted by molar-refractivity contribution is 5.69. The van der Waals surface area contributed by atoms with Crippen LogP contribution in [0.1, 0.15) is 17.0 Å². The van der Waals surface area contributed by atoms with Crippen molar-refractivity contribution in [3.8, 4) is 12.3 Å². The minimum atomic E-state index is 0.431. The number of aryl methyl sites for hydroxylation is 1. The van der Waals surface area contributed by atoms with Gasteiger partial charge in [-0.2, -0.15) is 0 Å². The topological polar surface area (TPSA) is 34.9 Å². The van der Waals surface area contributed by atoms with Crippen LogP contribution in [0.2, 0.25) is 0 Å². The minimum Gasteiger partial charge on any atom is -0.328 e. The Kier molecular flexibility index (Phi) is 2.45. The second kappa shape index (κ2) is 3.57. The van der Waals surface area contributed by atoms with Crippen molar-refractivity contribution in [2.75, 3.05) is 0 Å². The van der Waals surface area contributed by atoms with Gasteiger partial charge in [0.25, 0.3) is 0 Å². The molecule has 0 saturated carbocycles. The molecule has 1 aromatic heterocycles. The summed E-state index contributed by atoms with van der Waals surface area (Å²) in [5.74, 6) is 2.92. The van der Waals surface area contributed by atoms with Crippen LogP contribution in [0.25, 0.3) is 0 Å². The lowest BCUT2D eigenvalue weighted by atomic mass is 10.4. The number of hydrogen-bond donors (Lipinski definition) is 0. The summed E-state index contributed by atoms with van der Waals surface area (Å²) in [6.07, 6.45) is 9.73. The second-order valence-electron chi connectivity index (χ2n) is 2.05. The van der Waals surface area contributed by atoms with Gasteiger partial charge in [-0.15, -0.1) is 12.3 Å². The van der Waals surface area contributed by atoms with Gasteiger partial charge >= 0.3 is 0 Å². The Labute approximate surface area is 65.1 Å². The van der Waals surface area contributed by atoms with Crippen LogP contribution in [0.5, 0.6) is 0 Å². The molecule has 0 unspecified atom stereocenters. The molecule has 0 bridgehead atoms. The molecular weight excluding hydrogens is 140 g/mol. The summed E-state index contributed by atoms with van der Waals surface area (Å²) >= 11 is 0. The molecule has 0 aliphatic heterocycles. The van der Waals surface area contributed by atoms with Crippen molar-refractivity contribution >= 4 is 6.29 Å². The van der Waals surface area contributed by atoms with Crippen LogP contribution in [-0.2, 0) is 6.54 Å². The standard InChI is InChI=1S/C8H8N2O/c1-2-3-5-10-6-4-9-8(10)7-11/h1,4,6-7H,3,5H2. The van der Waals surface area contributed by atoms with E-state index in [1.165, 1.54) is 0 Å². The number of terminal acetylenes is 1. The second-order valence-corrected chi connectivity index (χ2v) is 2.05. The molecule has 56 valence electrons. The Morgan fingerprint density at radius 2 is 2.64 bits per heavy atom. The fourth-order valence-electron chi connectivity index (χ4n) is 0.813. The number of carbonyl (C=O) groups is 1. The van der Waals surface area contributed by atoms with E-state index in [-0.39, 0.29) is 0 Å². The number of aldehydes is 1. The van der Waals surface area contributed by atoms with Crippen molar-refractivity contribution in [2.24, 2.45) is 0 Å². The minimum absolute atomic E-state index is 0.431. The largest absolute Gasteiger partial charge is 0.328 e. The van der Waals surface area contributed by atoms with E-state index in [9.17, 15) is 4.79 Å². The number of hydrogen-bond acceptors (Lipinski definition) is 2. The van der Waals surface area contributed by atoms with Gasteiger partial charge in [-0.25, -0.2) is 4.98 Å². The highest BCUT2D eigenvalue weighted by Crippen LogP contribution is 1.95. The maximum absolute atomic E-state index is 10.3. The highest BCUT2D eigenvalue weighted by Gasteiger charge is 1.97. The van der Waals surface area contributed by atoms with Gasteiger partial charge in [0.1, 0.15) is 0 Å². The van der Waals surface area contributed by atoms with E-state index in [4.69, 9.17) is 6.42 Å². The van der Waals surface area contributed by atoms with E-state index >= 15 is 0 Å². The van der Waals surface area contributed by atoms with Crippen LogP contribution in [0.15, 0.2) is 12.4 Å². The van der Waals surface area contributed by atoms with Gasteiger partial charge in [0, 0.05) is 25.4 Å². The third-order valence-electron chi connectivity index (χ3n) is 1.35. The molecule has 0 radical (unpaired) electrons. The van der Waals surface area contributed by atoms with Crippen molar-refractivity contribution in [3.63, 3.8) is 0 Å². The van der Waals surface area contributed by atoms with Crippen molar-refractivity contribution in [1.29, 1.82) is 0 Å². The van der Waals surface area contributed by atoms with Gasteiger partial charge in [-0.1, -0.05) is 0 Å². The number of nitrogens with zero attached hydrogens (tertiary/aromatic N) is 2. The Morgan fingerprint density at radius 1 is 1.82 bits per heavy atom. The quantitative estimate of drug-likeness (QED) is 0.467. The van der Waals surface area contributed by atoms with Crippen LogP contribution >= 0.6 is 0 Å². The van der Waals surface area contributed by atoms with Crippen molar-refractivity contribution < 1.29 is 4.79 Å². The van der Waals surface area contributed by atoms with E-state index in [1.54, 1.807) is 17.0 Å². The summed E-state index contributed by atoms with van der Waals surface area (Å²) in [4.78, 5) is 14.1. The summed E-state index contributed by atoms with van der Waals surface area (Å²) in [6, 6.07) is 0. The van der Waals surface area contributed by atoms with E-state index < -0.39 is 0 Å². The fraction of sp³-hybridized carbons (Fsp3) is 0.250. The molecule has 1 rings (SSSR count). The summed E-state index contributed by atoms with van der Waals surface area (Å²) in [5.41, 5.74) is 0. The Balaban J connectivity index is 2.70. The summed E-state index contributed by atoms with van der Waals surface area (Å²) < 4.78 is 1.73. The molecule has 0 spiro atoms. The van der Waals surface area contributed by atoms with Crippen LogP contribution in [0, 0.1) is 12.3 Å². The molecule has 0 N–H and O–H groups in total. The number of carbonyl (C=O) groups excluding carboxylic acids is 1. The zero-order chi connectivity index (χ0) is 8.10. The molecular formula is C8H8N2O. The molecule has 0 atom stereocenters. The van der Waals surface area contributed by atoms with Crippen molar-refractivity contribution in [2.45, 2.75) is 13.0 Å². The van der Waals surface area contributed by atoms with Gasteiger partial charge in [0.15, 0.2) is 12.1 Å². The third-order valence-corrected chi connectivity index (χ3v) is 1.35. The maximum Gasteiger partial charge on any atom is 0.185 e. The predicted molar refractivity (Wildman–Crippen MR) is 41.1 cm³/mol. The molecule has 0 fully saturated rings. The van der Waals surface area contributed by atoms with E-state index in [0.717, 1.165) is 6.29 Å². The van der Waals surface area contributed by atoms with Gasteiger partial charge in [0.2, 0.25) is 0 Å². The monoisotopic (exact) mass is 148 g/mol. The molecule has 0 amide bonds. The Morgan fingerprint density at radius 3 is 3.27 bits per heavy atom. The molecule has 11 heavy (non-hydrogen) atoms. The van der Waals surface area contributed by atoms with Gasteiger partial charge in [-0.3, -0.25) is 4.79 Å². The first-order valence-corrected chi connectivity index (χ1v) is 3.28. The smallest absolute Gasteiger partial charge is 0.185 e. The summed E-state index contributed by atoms with van der Waals surface area (Å²) in [5, 5.41) is 0. The fourth-order valence-corrected chi connectivity index (χ4v) is 0.813. The first kappa shape index (κ1) is 7.55. The average molecular weight is 148 g/mol. The van der Waals surface area contributed by atoms with Crippen molar-refractivity contribution in [3.05, 3.63) is 18.2 Å². The number of imidazole rings is 1. The highest BCUT2D eigenvalue weighted by atomic mass is 16.1. The van der Waals surface area contributed by atoms with Crippen LogP contribution in [0.4, 0.5) is 0 Å². The molecule has 1 aromatic rings. The predicted octanol–water partition coefficient (Wildman–Crippen LogP) is 0.719. The molecule has 0 saturated heterocycles. The van der Waals surface area contributed by atoms with Crippen LogP contribution in [0.3, 0.4) is 0 Å². The molecule has 0 aromatic carbocycles.